The fourth-order valence-electron chi connectivity index (χ4n) is 1.64. The molecular weight excluding hydrogens is 330 g/mol. The van der Waals surface area contributed by atoms with E-state index in [1.165, 1.54) is 11.3 Å². The predicted octanol–water partition coefficient (Wildman–Crippen LogP) is 2.11. The van der Waals surface area contributed by atoms with E-state index in [0.717, 1.165) is 15.4 Å². The first-order valence-electron chi connectivity index (χ1n) is 6.28. The Bertz CT molecular complexity index is 679. The number of aromatic nitrogens is 1. The monoisotopic (exact) mass is 347 g/mol. The fourth-order valence-corrected chi connectivity index (χ4v) is 4.60. The molecule has 21 heavy (non-hydrogen) atoms. The maximum Gasteiger partial charge on any atom is 0.234 e. The van der Waals surface area contributed by atoms with Crippen LogP contribution < -0.4 is 10.5 Å². The molecule has 0 spiro atoms. The van der Waals surface area contributed by atoms with Crippen molar-refractivity contribution in [2.24, 2.45) is 5.73 Å². The molecule has 0 aliphatic carbocycles. The standard InChI is InChI=1S/C12H17N3O3S3/c1-18-5-2-6-21(16,17)15-12-14-10(8-19-12)11-4-3-9(7-13)20-11/h3-4,8H,2,5-7,13H2,1H3,(H,14,15). The van der Waals surface area contributed by atoms with E-state index in [1.54, 1.807) is 18.4 Å². The summed E-state index contributed by atoms with van der Waals surface area (Å²) in [5, 5.41) is 2.21. The first kappa shape index (κ1) is 16.4. The highest BCUT2D eigenvalue weighted by Gasteiger charge is 2.14. The third-order valence-electron chi connectivity index (χ3n) is 2.62. The van der Waals surface area contributed by atoms with Crippen LogP contribution in [0.5, 0.6) is 0 Å². The molecule has 3 N–H and O–H groups in total. The summed E-state index contributed by atoms with van der Waals surface area (Å²) in [6.45, 7) is 0.912. The second-order valence-corrected chi connectivity index (χ2v) is 8.14. The Morgan fingerprint density at radius 1 is 1.43 bits per heavy atom. The largest absolute Gasteiger partial charge is 0.385 e. The number of sulfonamides is 1. The van der Waals surface area contributed by atoms with Crippen molar-refractivity contribution in [2.45, 2.75) is 13.0 Å². The van der Waals surface area contributed by atoms with Crippen molar-refractivity contribution < 1.29 is 13.2 Å². The molecule has 0 aromatic carbocycles. The lowest BCUT2D eigenvalue weighted by atomic mass is 10.4. The van der Waals surface area contributed by atoms with Crippen LogP contribution >= 0.6 is 22.7 Å². The van der Waals surface area contributed by atoms with Crippen LogP contribution in [0.3, 0.4) is 0 Å². The van der Waals surface area contributed by atoms with Gasteiger partial charge in [0.05, 0.1) is 16.3 Å². The minimum Gasteiger partial charge on any atom is -0.385 e. The van der Waals surface area contributed by atoms with Crippen molar-refractivity contribution in [3.63, 3.8) is 0 Å². The number of anilines is 1. The SMILES string of the molecule is COCCCS(=O)(=O)Nc1nc(-c2ccc(CN)s2)cs1. The van der Waals surface area contributed by atoms with Crippen molar-refractivity contribution >= 4 is 37.8 Å². The molecule has 0 saturated carbocycles. The molecule has 2 rings (SSSR count). The molecule has 2 heterocycles. The van der Waals surface area contributed by atoms with E-state index in [4.69, 9.17) is 10.5 Å². The fraction of sp³-hybridized carbons (Fsp3) is 0.417. The molecule has 0 bridgehead atoms. The number of rotatable bonds is 8. The highest BCUT2D eigenvalue weighted by molar-refractivity contribution is 7.92. The maximum absolute atomic E-state index is 11.9. The molecule has 0 amide bonds. The quantitative estimate of drug-likeness (QED) is 0.713. The Balaban J connectivity index is 2.02. The van der Waals surface area contributed by atoms with Crippen molar-refractivity contribution in [2.75, 3.05) is 24.2 Å². The number of nitrogens with zero attached hydrogens (tertiary/aromatic N) is 1. The van der Waals surface area contributed by atoms with Gasteiger partial charge in [0.15, 0.2) is 5.13 Å². The molecule has 2 aromatic rings. The van der Waals surface area contributed by atoms with E-state index in [9.17, 15) is 8.42 Å². The second kappa shape index (κ2) is 7.32. The average Bonchev–Trinajstić information content (AvgIpc) is 3.06. The van der Waals surface area contributed by atoms with Crippen LogP contribution in [0, 0.1) is 0 Å². The molecule has 9 heteroatoms. The van der Waals surface area contributed by atoms with Gasteiger partial charge in [0.2, 0.25) is 10.0 Å². The minimum absolute atomic E-state index is 0.0199. The molecule has 6 nitrogen and oxygen atoms in total. The summed E-state index contributed by atoms with van der Waals surface area (Å²) in [7, 11) is -1.83. The maximum atomic E-state index is 11.9. The third kappa shape index (κ3) is 4.75. The van der Waals surface area contributed by atoms with Crippen LogP contribution in [0.4, 0.5) is 5.13 Å². The summed E-state index contributed by atoms with van der Waals surface area (Å²) < 4.78 is 31.1. The number of ether oxygens (including phenoxy) is 1. The van der Waals surface area contributed by atoms with Crippen LogP contribution in [0.2, 0.25) is 0 Å². The van der Waals surface area contributed by atoms with E-state index in [1.807, 2.05) is 17.5 Å². The molecule has 0 aliphatic rings. The Kier molecular flexibility index (Phi) is 5.71. The summed E-state index contributed by atoms with van der Waals surface area (Å²) in [4.78, 5) is 6.36. The van der Waals surface area contributed by atoms with E-state index in [0.29, 0.717) is 24.7 Å². The zero-order valence-electron chi connectivity index (χ0n) is 11.5. The zero-order chi connectivity index (χ0) is 15.3. The Hall–Kier alpha value is -1.00. The Morgan fingerprint density at radius 3 is 2.90 bits per heavy atom. The number of hydrogen-bond donors (Lipinski definition) is 2. The highest BCUT2D eigenvalue weighted by atomic mass is 32.2. The summed E-state index contributed by atoms with van der Waals surface area (Å²) in [5.74, 6) is 0.0199. The molecule has 0 saturated heterocycles. The van der Waals surface area contributed by atoms with Gasteiger partial charge >= 0.3 is 0 Å². The molecule has 0 fully saturated rings. The summed E-state index contributed by atoms with van der Waals surface area (Å²) >= 11 is 2.83. The van der Waals surface area contributed by atoms with Crippen LogP contribution in [-0.4, -0.2) is 32.9 Å². The molecule has 0 aliphatic heterocycles. The molecule has 0 atom stereocenters. The molecule has 116 valence electrons. The van der Waals surface area contributed by atoms with Crippen LogP contribution in [0.15, 0.2) is 17.5 Å². The lowest BCUT2D eigenvalue weighted by Crippen LogP contribution is -2.17. The molecule has 2 aromatic heterocycles. The van der Waals surface area contributed by atoms with E-state index >= 15 is 0 Å². The van der Waals surface area contributed by atoms with Crippen LogP contribution in [0.25, 0.3) is 10.6 Å². The smallest absolute Gasteiger partial charge is 0.234 e. The van der Waals surface area contributed by atoms with Crippen LogP contribution in [-0.2, 0) is 21.3 Å². The lowest BCUT2D eigenvalue weighted by Gasteiger charge is -2.04. The van der Waals surface area contributed by atoms with E-state index in [2.05, 4.69) is 9.71 Å². The van der Waals surface area contributed by atoms with Crippen molar-refractivity contribution in [1.29, 1.82) is 0 Å². The average molecular weight is 347 g/mol. The summed E-state index contributed by atoms with van der Waals surface area (Å²) in [5.41, 5.74) is 6.34. The number of hydrogen-bond acceptors (Lipinski definition) is 7. The van der Waals surface area contributed by atoms with Crippen LogP contribution in [0.1, 0.15) is 11.3 Å². The van der Waals surface area contributed by atoms with Gasteiger partial charge in [-0.05, 0) is 18.6 Å². The van der Waals surface area contributed by atoms with Gasteiger partial charge in [0.25, 0.3) is 0 Å². The zero-order valence-corrected chi connectivity index (χ0v) is 14.0. The predicted molar refractivity (Wildman–Crippen MR) is 87.2 cm³/mol. The van der Waals surface area contributed by atoms with Crippen molar-refractivity contribution in [3.8, 4) is 10.6 Å². The topological polar surface area (TPSA) is 94.3 Å². The van der Waals surface area contributed by atoms with Gasteiger partial charge in [0, 0.05) is 30.5 Å². The normalized spacial score (nSPS) is 11.7. The van der Waals surface area contributed by atoms with Gasteiger partial charge in [-0.25, -0.2) is 13.4 Å². The van der Waals surface area contributed by atoms with Gasteiger partial charge in [-0.15, -0.1) is 22.7 Å². The summed E-state index contributed by atoms with van der Waals surface area (Å²) in [6.07, 6.45) is 0.453. The van der Waals surface area contributed by atoms with Crippen molar-refractivity contribution in [1.82, 2.24) is 4.98 Å². The summed E-state index contributed by atoms with van der Waals surface area (Å²) in [6, 6.07) is 3.90. The van der Waals surface area contributed by atoms with Gasteiger partial charge in [-0.2, -0.15) is 0 Å². The highest BCUT2D eigenvalue weighted by Crippen LogP contribution is 2.30. The molecular formula is C12H17N3O3S3. The van der Waals surface area contributed by atoms with Gasteiger partial charge in [-0.3, -0.25) is 4.72 Å². The first-order valence-corrected chi connectivity index (χ1v) is 9.63. The Labute approximate surface area is 132 Å². The Morgan fingerprint density at radius 2 is 2.24 bits per heavy atom. The lowest BCUT2D eigenvalue weighted by molar-refractivity contribution is 0.199. The number of nitrogens with one attached hydrogen (secondary N) is 1. The number of thiazole rings is 1. The first-order chi connectivity index (χ1) is 10.0. The van der Waals surface area contributed by atoms with Gasteiger partial charge in [0.1, 0.15) is 0 Å². The van der Waals surface area contributed by atoms with Gasteiger partial charge in [-0.1, -0.05) is 0 Å². The second-order valence-electron chi connectivity index (χ2n) is 4.28. The molecule has 0 radical (unpaired) electrons. The number of methoxy groups -OCH3 is 1. The molecule has 0 unspecified atom stereocenters. The third-order valence-corrected chi connectivity index (χ3v) is 5.97. The van der Waals surface area contributed by atoms with Crippen molar-refractivity contribution in [3.05, 3.63) is 22.4 Å². The van der Waals surface area contributed by atoms with Gasteiger partial charge < -0.3 is 10.5 Å². The van der Waals surface area contributed by atoms with E-state index in [-0.39, 0.29) is 5.75 Å². The van der Waals surface area contributed by atoms with E-state index < -0.39 is 10.0 Å². The minimum atomic E-state index is -3.37. The number of nitrogens with two attached hydrogens (primary N) is 1. The number of thiophene rings is 1.